The van der Waals surface area contributed by atoms with E-state index in [4.69, 9.17) is 0 Å². The molecule has 0 aliphatic carbocycles. The highest BCUT2D eigenvalue weighted by atomic mass is 19.1. The van der Waals surface area contributed by atoms with Crippen molar-refractivity contribution < 1.29 is 18.4 Å². The van der Waals surface area contributed by atoms with Gasteiger partial charge in [0.1, 0.15) is 11.6 Å². The molecule has 0 aliphatic heterocycles. The van der Waals surface area contributed by atoms with Crippen LogP contribution in [0.15, 0.2) is 60.7 Å². The molecule has 0 heterocycles. The quantitative estimate of drug-likeness (QED) is 0.764. The summed E-state index contributed by atoms with van der Waals surface area (Å²) in [7, 11) is 0. The second kappa shape index (κ2) is 7.09. The summed E-state index contributed by atoms with van der Waals surface area (Å²) in [5, 5.41) is 6.86. The summed E-state index contributed by atoms with van der Waals surface area (Å²) in [6.45, 7) is -0.334. The monoisotopic (exact) mass is 340 g/mol. The van der Waals surface area contributed by atoms with Crippen LogP contribution in [0.3, 0.4) is 0 Å². The summed E-state index contributed by atoms with van der Waals surface area (Å²) in [5.74, 6) is -2.99. The number of hydrogen-bond acceptors (Lipinski definition) is 2. The molecular formula is C19H14F2N2O2. The Hall–Kier alpha value is -3.28. The van der Waals surface area contributed by atoms with Crippen LogP contribution in [0, 0.1) is 11.6 Å². The second-order valence-corrected chi connectivity index (χ2v) is 5.38. The Morgan fingerprint density at radius 1 is 0.920 bits per heavy atom. The summed E-state index contributed by atoms with van der Waals surface area (Å²) >= 11 is 0. The highest BCUT2D eigenvalue weighted by molar-refractivity contribution is 6.04. The maximum atomic E-state index is 13.5. The van der Waals surface area contributed by atoms with Gasteiger partial charge in [-0.15, -0.1) is 0 Å². The predicted molar refractivity (Wildman–Crippen MR) is 91.3 cm³/mol. The maximum absolute atomic E-state index is 13.5. The lowest BCUT2D eigenvalue weighted by molar-refractivity contribution is -0.115. The summed E-state index contributed by atoms with van der Waals surface area (Å²) < 4.78 is 26.4. The molecule has 126 valence electrons. The zero-order valence-corrected chi connectivity index (χ0v) is 13.1. The summed E-state index contributed by atoms with van der Waals surface area (Å²) in [4.78, 5) is 23.9. The van der Waals surface area contributed by atoms with Gasteiger partial charge in [-0.25, -0.2) is 8.78 Å². The number of anilines is 1. The zero-order chi connectivity index (χ0) is 17.8. The Bertz CT molecular complexity index is 952. The van der Waals surface area contributed by atoms with Gasteiger partial charge < -0.3 is 10.6 Å². The number of hydrogen-bond donors (Lipinski definition) is 2. The van der Waals surface area contributed by atoms with E-state index in [0.717, 1.165) is 22.9 Å². The van der Waals surface area contributed by atoms with Crippen LogP contribution in [0.25, 0.3) is 10.8 Å². The van der Waals surface area contributed by atoms with Crippen molar-refractivity contribution in [1.29, 1.82) is 0 Å². The fourth-order valence-electron chi connectivity index (χ4n) is 2.46. The van der Waals surface area contributed by atoms with Crippen molar-refractivity contribution in [2.45, 2.75) is 0 Å². The molecule has 0 aliphatic rings. The van der Waals surface area contributed by atoms with E-state index in [9.17, 15) is 18.4 Å². The number of fused-ring (bicyclic) bond motifs is 1. The van der Waals surface area contributed by atoms with Crippen LogP contribution < -0.4 is 10.6 Å². The molecule has 25 heavy (non-hydrogen) atoms. The van der Waals surface area contributed by atoms with Crippen molar-refractivity contribution in [3.63, 3.8) is 0 Å². The number of rotatable bonds is 4. The van der Waals surface area contributed by atoms with E-state index in [2.05, 4.69) is 10.6 Å². The van der Waals surface area contributed by atoms with Gasteiger partial charge in [0, 0.05) is 17.1 Å². The predicted octanol–water partition coefficient (Wildman–Crippen LogP) is 3.49. The van der Waals surface area contributed by atoms with E-state index < -0.39 is 23.4 Å². The van der Waals surface area contributed by atoms with E-state index in [-0.39, 0.29) is 12.1 Å². The molecule has 0 saturated heterocycles. The van der Waals surface area contributed by atoms with Crippen LogP contribution in [0.1, 0.15) is 10.4 Å². The van der Waals surface area contributed by atoms with Crippen LogP contribution in [0.4, 0.5) is 14.5 Å². The van der Waals surface area contributed by atoms with Gasteiger partial charge in [-0.1, -0.05) is 36.4 Å². The highest BCUT2D eigenvalue weighted by Crippen LogP contribution is 2.22. The van der Waals surface area contributed by atoms with Crippen LogP contribution in [-0.2, 0) is 4.79 Å². The first-order valence-corrected chi connectivity index (χ1v) is 7.55. The number of benzene rings is 3. The Morgan fingerprint density at radius 3 is 2.48 bits per heavy atom. The molecule has 0 fully saturated rings. The summed E-state index contributed by atoms with van der Waals surface area (Å²) in [5.41, 5.74) is 0.296. The molecular weight excluding hydrogens is 326 g/mol. The minimum atomic E-state index is -0.980. The fourth-order valence-corrected chi connectivity index (χ4v) is 2.46. The highest BCUT2D eigenvalue weighted by Gasteiger charge is 2.14. The second-order valence-electron chi connectivity index (χ2n) is 5.38. The number of carbonyl (C=O) groups excluding carboxylic acids is 2. The smallest absolute Gasteiger partial charge is 0.254 e. The largest absolute Gasteiger partial charge is 0.343 e. The maximum Gasteiger partial charge on any atom is 0.254 e. The number of halogens is 2. The minimum absolute atomic E-state index is 0.320. The Kier molecular flexibility index (Phi) is 4.70. The lowest BCUT2D eigenvalue weighted by Crippen LogP contribution is -2.33. The lowest BCUT2D eigenvalue weighted by atomic mass is 10.1. The van der Waals surface area contributed by atoms with Crippen molar-refractivity contribution in [2.75, 3.05) is 11.9 Å². The van der Waals surface area contributed by atoms with Gasteiger partial charge in [0.25, 0.3) is 5.91 Å². The first-order chi connectivity index (χ1) is 12.0. The van der Waals surface area contributed by atoms with Crippen molar-refractivity contribution in [1.82, 2.24) is 5.32 Å². The summed E-state index contributed by atoms with van der Waals surface area (Å²) in [6, 6.07) is 15.7. The Morgan fingerprint density at radius 2 is 1.68 bits per heavy atom. The van der Waals surface area contributed by atoms with Gasteiger partial charge >= 0.3 is 0 Å². The third-order valence-corrected chi connectivity index (χ3v) is 3.65. The lowest BCUT2D eigenvalue weighted by Gasteiger charge is -2.10. The Labute approximate surface area is 142 Å². The van der Waals surface area contributed by atoms with Crippen LogP contribution in [0.2, 0.25) is 0 Å². The third kappa shape index (κ3) is 3.80. The number of nitrogens with one attached hydrogen (secondary N) is 2. The third-order valence-electron chi connectivity index (χ3n) is 3.65. The molecule has 3 aromatic carbocycles. The molecule has 0 spiro atoms. The molecule has 3 rings (SSSR count). The minimum Gasteiger partial charge on any atom is -0.343 e. The van der Waals surface area contributed by atoms with Crippen LogP contribution in [0.5, 0.6) is 0 Å². The standard InChI is InChI=1S/C19H14F2N2O2/c20-13-8-9-15(16(21)10-13)19(25)22-11-18(24)23-17-7-3-5-12-4-1-2-6-14(12)17/h1-10H,11H2,(H,22,25)(H,23,24). The van der Waals surface area contributed by atoms with E-state index in [1.807, 2.05) is 36.4 Å². The van der Waals surface area contributed by atoms with Crippen molar-refractivity contribution in [2.24, 2.45) is 0 Å². The topological polar surface area (TPSA) is 58.2 Å². The van der Waals surface area contributed by atoms with E-state index >= 15 is 0 Å². The van der Waals surface area contributed by atoms with Gasteiger partial charge in [0.05, 0.1) is 12.1 Å². The number of carbonyl (C=O) groups is 2. The normalized spacial score (nSPS) is 10.5. The Balaban J connectivity index is 1.65. The molecule has 4 nitrogen and oxygen atoms in total. The van der Waals surface area contributed by atoms with E-state index in [1.54, 1.807) is 6.07 Å². The first-order valence-electron chi connectivity index (χ1n) is 7.55. The van der Waals surface area contributed by atoms with E-state index in [0.29, 0.717) is 11.8 Å². The van der Waals surface area contributed by atoms with E-state index in [1.165, 1.54) is 0 Å². The molecule has 0 unspecified atom stereocenters. The van der Waals surface area contributed by atoms with Crippen molar-refractivity contribution in [3.05, 3.63) is 77.9 Å². The SMILES string of the molecule is O=C(CNC(=O)c1ccc(F)cc1F)Nc1cccc2ccccc12. The average Bonchev–Trinajstić information content (AvgIpc) is 2.60. The van der Waals surface area contributed by atoms with Gasteiger partial charge in [-0.3, -0.25) is 9.59 Å². The summed E-state index contributed by atoms with van der Waals surface area (Å²) in [6.07, 6.45) is 0. The van der Waals surface area contributed by atoms with Gasteiger partial charge in [0.2, 0.25) is 5.91 Å². The molecule has 0 aromatic heterocycles. The van der Waals surface area contributed by atoms with Crippen LogP contribution >= 0.6 is 0 Å². The fraction of sp³-hybridized carbons (Fsp3) is 0.0526. The van der Waals surface area contributed by atoms with Crippen molar-refractivity contribution >= 4 is 28.3 Å². The van der Waals surface area contributed by atoms with Gasteiger partial charge in [-0.05, 0) is 23.6 Å². The van der Waals surface area contributed by atoms with Gasteiger partial charge in [-0.2, -0.15) is 0 Å². The molecule has 0 bridgehead atoms. The van der Waals surface area contributed by atoms with Gasteiger partial charge in [0.15, 0.2) is 0 Å². The molecule has 6 heteroatoms. The first kappa shape index (κ1) is 16.6. The molecule has 0 saturated carbocycles. The molecule has 2 amide bonds. The number of amides is 2. The zero-order valence-electron chi connectivity index (χ0n) is 13.1. The van der Waals surface area contributed by atoms with Crippen LogP contribution in [-0.4, -0.2) is 18.4 Å². The molecule has 2 N–H and O–H groups in total. The van der Waals surface area contributed by atoms with Crippen molar-refractivity contribution in [3.8, 4) is 0 Å². The molecule has 0 radical (unpaired) electrons. The molecule has 0 atom stereocenters. The molecule has 3 aromatic rings. The average molecular weight is 340 g/mol.